The molecule has 1 fully saturated rings. The summed E-state index contributed by atoms with van der Waals surface area (Å²) in [5, 5.41) is 2.99. The van der Waals surface area contributed by atoms with Gasteiger partial charge in [-0.3, -0.25) is 4.79 Å². The lowest BCUT2D eigenvalue weighted by Crippen LogP contribution is -2.39. The van der Waals surface area contributed by atoms with E-state index in [4.69, 9.17) is 16.3 Å². The van der Waals surface area contributed by atoms with Gasteiger partial charge < -0.3 is 10.1 Å². The molecule has 1 unspecified atom stereocenters. The fourth-order valence-corrected chi connectivity index (χ4v) is 3.32. The SMILES string of the molecule is O=C(NCCNS(=O)(=O)c1cccc(Cl)c1)C1CCCO1. The van der Waals surface area contributed by atoms with Crippen molar-refractivity contribution >= 4 is 27.5 Å². The quantitative estimate of drug-likeness (QED) is 0.758. The number of nitrogens with one attached hydrogen (secondary N) is 2. The molecule has 0 bridgehead atoms. The highest BCUT2D eigenvalue weighted by atomic mass is 35.5. The van der Waals surface area contributed by atoms with Crippen LogP contribution in [0.1, 0.15) is 12.8 Å². The zero-order valence-electron chi connectivity index (χ0n) is 11.3. The molecule has 1 aliphatic rings. The summed E-state index contributed by atoms with van der Waals surface area (Å²) in [4.78, 5) is 11.8. The maximum absolute atomic E-state index is 12.0. The third-order valence-electron chi connectivity index (χ3n) is 3.04. The van der Waals surface area contributed by atoms with Crippen molar-refractivity contribution in [2.45, 2.75) is 23.8 Å². The number of halogens is 1. The van der Waals surface area contributed by atoms with E-state index in [1.54, 1.807) is 12.1 Å². The molecule has 1 aromatic rings. The van der Waals surface area contributed by atoms with E-state index < -0.39 is 16.1 Å². The minimum atomic E-state index is -3.62. The lowest BCUT2D eigenvalue weighted by atomic mass is 10.2. The third-order valence-corrected chi connectivity index (χ3v) is 4.74. The number of sulfonamides is 1. The van der Waals surface area contributed by atoms with Gasteiger partial charge in [0, 0.05) is 24.7 Å². The number of rotatable bonds is 6. The second-order valence-electron chi connectivity index (χ2n) is 4.65. The van der Waals surface area contributed by atoms with Crippen LogP contribution < -0.4 is 10.0 Å². The molecule has 1 aliphatic heterocycles. The molecule has 21 heavy (non-hydrogen) atoms. The molecule has 0 saturated carbocycles. The van der Waals surface area contributed by atoms with Crippen molar-refractivity contribution in [2.24, 2.45) is 0 Å². The molecule has 0 spiro atoms. The smallest absolute Gasteiger partial charge is 0.249 e. The largest absolute Gasteiger partial charge is 0.368 e. The monoisotopic (exact) mass is 332 g/mol. The van der Waals surface area contributed by atoms with Gasteiger partial charge in [0.1, 0.15) is 6.10 Å². The van der Waals surface area contributed by atoms with Gasteiger partial charge in [-0.05, 0) is 31.0 Å². The molecule has 2 rings (SSSR count). The second kappa shape index (κ2) is 7.22. The van der Waals surface area contributed by atoms with E-state index in [-0.39, 0.29) is 23.9 Å². The average Bonchev–Trinajstić information content (AvgIpc) is 2.97. The molecule has 8 heteroatoms. The third kappa shape index (κ3) is 4.67. The number of amides is 1. The highest BCUT2D eigenvalue weighted by molar-refractivity contribution is 7.89. The molecule has 0 radical (unpaired) electrons. The number of benzene rings is 1. The predicted octanol–water partition coefficient (Wildman–Crippen LogP) is 0.913. The molecule has 1 atom stereocenters. The minimum absolute atomic E-state index is 0.0976. The lowest BCUT2D eigenvalue weighted by Gasteiger charge is -2.11. The molecule has 0 aliphatic carbocycles. The van der Waals surface area contributed by atoms with Gasteiger partial charge >= 0.3 is 0 Å². The Bertz CT molecular complexity index is 600. The summed E-state index contributed by atoms with van der Waals surface area (Å²) in [6, 6.07) is 5.99. The molecule has 1 heterocycles. The average molecular weight is 333 g/mol. The van der Waals surface area contributed by atoms with Crippen LogP contribution in [0.15, 0.2) is 29.2 Å². The Morgan fingerprint density at radius 3 is 2.86 bits per heavy atom. The van der Waals surface area contributed by atoms with Crippen molar-refractivity contribution in [3.05, 3.63) is 29.3 Å². The Morgan fingerprint density at radius 2 is 2.19 bits per heavy atom. The first-order valence-electron chi connectivity index (χ1n) is 6.63. The number of hydrogen-bond acceptors (Lipinski definition) is 4. The summed E-state index contributed by atoms with van der Waals surface area (Å²) in [7, 11) is -3.62. The summed E-state index contributed by atoms with van der Waals surface area (Å²) >= 11 is 5.76. The van der Waals surface area contributed by atoms with E-state index in [1.165, 1.54) is 12.1 Å². The van der Waals surface area contributed by atoms with Crippen LogP contribution in [0.5, 0.6) is 0 Å². The maximum Gasteiger partial charge on any atom is 0.249 e. The highest BCUT2D eigenvalue weighted by Gasteiger charge is 2.23. The van der Waals surface area contributed by atoms with Crippen LogP contribution in [0.4, 0.5) is 0 Å². The van der Waals surface area contributed by atoms with Crippen molar-refractivity contribution in [3.63, 3.8) is 0 Å². The van der Waals surface area contributed by atoms with E-state index in [9.17, 15) is 13.2 Å². The Morgan fingerprint density at radius 1 is 1.38 bits per heavy atom. The Kier molecular flexibility index (Phi) is 5.58. The molecule has 6 nitrogen and oxygen atoms in total. The number of hydrogen-bond donors (Lipinski definition) is 2. The summed E-state index contributed by atoms with van der Waals surface area (Å²) < 4.78 is 31.6. The molecule has 1 amide bonds. The Hall–Kier alpha value is -1.15. The number of carbonyl (C=O) groups is 1. The van der Waals surface area contributed by atoms with Crippen molar-refractivity contribution in [1.29, 1.82) is 0 Å². The standard InChI is InChI=1S/C13H17ClN2O4S/c14-10-3-1-4-11(9-10)21(18,19)16-7-6-15-13(17)12-5-2-8-20-12/h1,3-4,9,12,16H,2,5-8H2,(H,15,17). The summed E-state index contributed by atoms with van der Waals surface area (Å²) in [5.74, 6) is -0.200. The Balaban J connectivity index is 1.78. The zero-order valence-corrected chi connectivity index (χ0v) is 12.9. The van der Waals surface area contributed by atoms with Crippen molar-refractivity contribution in [1.82, 2.24) is 10.0 Å². The first-order valence-corrected chi connectivity index (χ1v) is 8.50. The van der Waals surface area contributed by atoms with E-state index in [0.717, 1.165) is 6.42 Å². The molecule has 2 N–H and O–H groups in total. The zero-order chi connectivity index (χ0) is 15.3. The van der Waals surface area contributed by atoms with E-state index >= 15 is 0 Å². The van der Waals surface area contributed by atoms with Gasteiger partial charge in [-0.25, -0.2) is 13.1 Å². The molecular formula is C13H17ClN2O4S. The van der Waals surface area contributed by atoms with Gasteiger partial charge in [-0.15, -0.1) is 0 Å². The van der Waals surface area contributed by atoms with Crippen LogP contribution in [0.3, 0.4) is 0 Å². The van der Waals surface area contributed by atoms with Crippen LogP contribution in [0.25, 0.3) is 0 Å². The van der Waals surface area contributed by atoms with Crippen LogP contribution in [-0.2, 0) is 19.6 Å². The minimum Gasteiger partial charge on any atom is -0.368 e. The lowest BCUT2D eigenvalue weighted by molar-refractivity contribution is -0.129. The fraction of sp³-hybridized carbons (Fsp3) is 0.462. The molecular weight excluding hydrogens is 316 g/mol. The molecule has 116 valence electrons. The Labute approximate surface area is 128 Å². The molecule has 1 aromatic carbocycles. The van der Waals surface area contributed by atoms with Gasteiger partial charge in [0.25, 0.3) is 0 Å². The van der Waals surface area contributed by atoms with Crippen molar-refractivity contribution in [2.75, 3.05) is 19.7 Å². The van der Waals surface area contributed by atoms with Crippen LogP contribution in [0.2, 0.25) is 5.02 Å². The first kappa shape index (κ1) is 16.2. The highest BCUT2D eigenvalue weighted by Crippen LogP contribution is 2.15. The molecule has 1 saturated heterocycles. The molecule has 0 aromatic heterocycles. The van der Waals surface area contributed by atoms with Gasteiger partial charge in [0.2, 0.25) is 15.9 Å². The van der Waals surface area contributed by atoms with Gasteiger partial charge in [-0.2, -0.15) is 0 Å². The fourth-order valence-electron chi connectivity index (χ4n) is 1.99. The summed E-state index contributed by atoms with van der Waals surface area (Å²) in [6.07, 6.45) is 1.18. The van der Waals surface area contributed by atoms with Crippen LogP contribution in [0, 0.1) is 0 Å². The first-order chi connectivity index (χ1) is 9.99. The number of carbonyl (C=O) groups excluding carboxylic acids is 1. The van der Waals surface area contributed by atoms with Crippen molar-refractivity contribution in [3.8, 4) is 0 Å². The van der Waals surface area contributed by atoms with Gasteiger partial charge in [0.15, 0.2) is 0 Å². The van der Waals surface area contributed by atoms with E-state index in [2.05, 4.69) is 10.0 Å². The van der Waals surface area contributed by atoms with Gasteiger partial charge in [-0.1, -0.05) is 17.7 Å². The van der Waals surface area contributed by atoms with Gasteiger partial charge in [0.05, 0.1) is 4.90 Å². The van der Waals surface area contributed by atoms with E-state index in [0.29, 0.717) is 18.1 Å². The second-order valence-corrected chi connectivity index (χ2v) is 6.85. The van der Waals surface area contributed by atoms with E-state index in [1.807, 2.05) is 0 Å². The van der Waals surface area contributed by atoms with Crippen molar-refractivity contribution < 1.29 is 17.9 Å². The summed E-state index contributed by atoms with van der Waals surface area (Å²) in [5.41, 5.74) is 0. The number of ether oxygens (including phenoxy) is 1. The topological polar surface area (TPSA) is 84.5 Å². The van der Waals surface area contributed by atoms with Crippen LogP contribution in [-0.4, -0.2) is 40.1 Å². The van der Waals surface area contributed by atoms with Crippen LogP contribution >= 0.6 is 11.6 Å². The summed E-state index contributed by atoms with van der Waals surface area (Å²) in [6.45, 7) is 0.908. The predicted molar refractivity (Wildman–Crippen MR) is 78.6 cm³/mol. The normalized spacial score (nSPS) is 18.6. The maximum atomic E-state index is 12.0.